The van der Waals surface area contributed by atoms with Gasteiger partial charge in [0.1, 0.15) is 5.52 Å². The number of benzene rings is 2. The van der Waals surface area contributed by atoms with Crippen LogP contribution in [0.1, 0.15) is 34.0 Å². The second-order valence-electron chi connectivity index (χ2n) is 6.82. The lowest BCUT2D eigenvalue weighted by atomic mass is 9.88. The molecule has 0 fully saturated rings. The van der Waals surface area contributed by atoms with Crippen molar-refractivity contribution in [3.8, 4) is 5.75 Å². The normalized spacial score (nSPS) is 10.9. The number of hydrogen-bond acceptors (Lipinski definition) is 4. The number of hydrogen-bond donors (Lipinski definition) is 2. The Hall–Kier alpha value is -3.73. The quantitative estimate of drug-likeness (QED) is 0.521. The van der Waals surface area contributed by atoms with E-state index in [1.165, 1.54) is 11.1 Å². The van der Waals surface area contributed by atoms with Crippen LogP contribution in [0.25, 0.3) is 10.9 Å². The molecule has 2 N–H and O–H groups in total. The predicted octanol–water partition coefficient (Wildman–Crippen LogP) is 4.29. The molecule has 4 rings (SSSR count). The highest BCUT2D eigenvalue weighted by atomic mass is 16.3. The summed E-state index contributed by atoms with van der Waals surface area (Å²) >= 11 is 0. The summed E-state index contributed by atoms with van der Waals surface area (Å²) in [6, 6.07) is 24.0. The van der Waals surface area contributed by atoms with Gasteiger partial charge in [-0.15, -0.1) is 0 Å². The van der Waals surface area contributed by atoms with E-state index in [0.29, 0.717) is 17.4 Å². The molecule has 2 aromatic carbocycles. The van der Waals surface area contributed by atoms with Gasteiger partial charge in [0.2, 0.25) is 0 Å². The SMILES string of the molecule is O=C(NCCC(c1ccccc1)c1ccccc1)c1ncc2cccnc2c1O. The van der Waals surface area contributed by atoms with Crippen molar-refractivity contribution in [2.24, 2.45) is 0 Å². The summed E-state index contributed by atoms with van der Waals surface area (Å²) in [6.45, 7) is 0.453. The molecule has 0 spiro atoms. The van der Waals surface area contributed by atoms with Gasteiger partial charge in [-0.05, 0) is 29.7 Å². The van der Waals surface area contributed by atoms with Crippen LogP contribution in [0.5, 0.6) is 5.75 Å². The number of carbonyl (C=O) groups is 1. The third kappa shape index (κ3) is 4.09. The van der Waals surface area contributed by atoms with Gasteiger partial charge in [0.25, 0.3) is 5.91 Å². The van der Waals surface area contributed by atoms with Gasteiger partial charge in [0.15, 0.2) is 11.4 Å². The van der Waals surface area contributed by atoms with E-state index in [1.807, 2.05) is 36.4 Å². The number of nitrogens with zero attached hydrogens (tertiary/aromatic N) is 2. The summed E-state index contributed by atoms with van der Waals surface area (Å²) in [5.74, 6) is -0.435. The third-order valence-corrected chi connectivity index (χ3v) is 4.96. The number of fused-ring (bicyclic) bond motifs is 1. The van der Waals surface area contributed by atoms with Gasteiger partial charge in [0.05, 0.1) is 0 Å². The van der Waals surface area contributed by atoms with Gasteiger partial charge < -0.3 is 10.4 Å². The maximum Gasteiger partial charge on any atom is 0.273 e. The van der Waals surface area contributed by atoms with Crippen LogP contribution in [-0.4, -0.2) is 27.5 Å². The molecule has 1 amide bonds. The second kappa shape index (κ2) is 8.52. The van der Waals surface area contributed by atoms with Crippen LogP contribution in [0.4, 0.5) is 0 Å². The van der Waals surface area contributed by atoms with Crippen LogP contribution in [0.3, 0.4) is 0 Å². The average Bonchev–Trinajstić information content (AvgIpc) is 2.78. The lowest BCUT2D eigenvalue weighted by molar-refractivity contribution is 0.0945. The van der Waals surface area contributed by atoms with E-state index in [4.69, 9.17) is 0 Å². The zero-order valence-corrected chi connectivity index (χ0v) is 15.8. The molecule has 5 nitrogen and oxygen atoms in total. The zero-order chi connectivity index (χ0) is 20.1. The molecule has 4 aromatic rings. The fourth-order valence-electron chi connectivity index (χ4n) is 3.50. The van der Waals surface area contributed by atoms with Gasteiger partial charge >= 0.3 is 0 Å². The molecule has 0 atom stereocenters. The smallest absolute Gasteiger partial charge is 0.273 e. The third-order valence-electron chi connectivity index (χ3n) is 4.96. The minimum absolute atomic E-state index is 0.00725. The number of rotatable bonds is 6. The molecule has 0 radical (unpaired) electrons. The number of aromatic nitrogens is 2. The minimum atomic E-state index is -0.407. The molecule has 29 heavy (non-hydrogen) atoms. The zero-order valence-electron chi connectivity index (χ0n) is 15.8. The van der Waals surface area contributed by atoms with Crippen molar-refractivity contribution < 1.29 is 9.90 Å². The lowest BCUT2D eigenvalue weighted by Gasteiger charge is -2.18. The van der Waals surface area contributed by atoms with E-state index in [9.17, 15) is 9.90 Å². The van der Waals surface area contributed by atoms with Crippen molar-refractivity contribution >= 4 is 16.8 Å². The molecule has 2 aromatic heterocycles. The van der Waals surface area contributed by atoms with E-state index >= 15 is 0 Å². The average molecular weight is 383 g/mol. The summed E-state index contributed by atoms with van der Waals surface area (Å²) in [7, 11) is 0. The number of aromatic hydroxyl groups is 1. The molecule has 0 unspecified atom stereocenters. The highest BCUT2D eigenvalue weighted by molar-refractivity contribution is 6.00. The molecule has 0 saturated heterocycles. The first-order chi connectivity index (χ1) is 14.2. The molecule has 144 valence electrons. The van der Waals surface area contributed by atoms with E-state index in [1.54, 1.807) is 24.5 Å². The van der Waals surface area contributed by atoms with Crippen molar-refractivity contribution in [2.45, 2.75) is 12.3 Å². The molecule has 0 saturated carbocycles. The Bertz CT molecular complexity index is 1080. The molecular weight excluding hydrogens is 362 g/mol. The Labute approximate surface area is 169 Å². The number of nitrogens with one attached hydrogen (secondary N) is 1. The Morgan fingerprint density at radius 1 is 0.897 bits per heavy atom. The van der Waals surface area contributed by atoms with Crippen molar-refractivity contribution in [2.75, 3.05) is 6.54 Å². The summed E-state index contributed by atoms with van der Waals surface area (Å²) in [4.78, 5) is 20.9. The minimum Gasteiger partial charge on any atom is -0.504 e. The topological polar surface area (TPSA) is 75.1 Å². The summed E-state index contributed by atoms with van der Waals surface area (Å²) in [5, 5.41) is 14.0. The molecule has 0 aliphatic rings. The number of pyridine rings is 2. The first kappa shape index (κ1) is 18.6. The van der Waals surface area contributed by atoms with Crippen LogP contribution in [0.2, 0.25) is 0 Å². The van der Waals surface area contributed by atoms with E-state index in [2.05, 4.69) is 39.6 Å². The maximum atomic E-state index is 12.6. The highest BCUT2D eigenvalue weighted by Gasteiger charge is 2.18. The molecule has 0 bridgehead atoms. The Morgan fingerprint density at radius 3 is 2.21 bits per heavy atom. The van der Waals surface area contributed by atoms with Crippen LogP contribution in [0.15, 0.2) is 85.2 Å². The van der Waals surface area contributed by atoms with Crippen LogP contribution < -0.4 is 5.32 Å². The Morgan fingerprint density at radius 2 is 1.55 bits per heavy atom. The monoisotopic (exact) mass is 383 g/mol. The van der Waals surface area contributed by atoms with Crippen molar-refractivity contribution in [1.29, 1.82) is 0 Å². The van der Waals surface area contributed by atoms with Crippen molar-refractivity contribution in [3.05, 3.63) is 102 Å². The van der Waals surface area contributed by atoms with E-state index < -0.39 is 5.91 Å². The summed E-state index contributed by atoms with van der Waals surface area (Å²) in [6.07, 6.45) is 3.86. The van der Waals surface area contributed by atoms with Crippen molar-refractivity contribution in [1.82, 2.24) is 15.3 Å². The largest absolute Gasteiger partial charge is 0.504 e. The number of amides is 1. The maximum absolute atomic E-state index is 12.6. The van der Waals surface area contributed by atoms with E-state index in [0.717, 1.165) is 6.42 Å². The van der Waals surface area contributed by atoms with Gasteiger partial charge in [-0.2, -0.15) is 0 Å². The van der Waals surface area contributed by atoms with Crippen LogP contribution in [0, 0.1) is 0 Å². The van der Waals surface area contributed by atoms with Gasteiger partial charge in [-0.25, -0.2) is 4.98 Å². The predicted molar refractivity (Wildman–Crippen MR) is 113 cm³/mol. The molecule has 0 aliphatic heterocycles. The highest BCUT2D eigenvalue weighted by Crippen LogP contribution is 2.28. The van der Waals surface area contributed by atoms with Gasteiger partial charge in [-0.3, -0.25) is 9.78 Å². The van der Waals surface area contributed by atoms with Gasteiger partial charge in [-0.1, -0.05) is 60.7 Å². The number of carbonyl (C=O) groups excluding carboxylic acids is 1. The summed E-state index contributed by atoms with van der Waals surface area (Å²) < 4.78 is 0. The van der Waals surface area contributed by atoms with Crippen molar-refractivity contribution in [3.63, 3.8) is 0 Å². The first-order valence-electron chi connectivity index (χ1n) is 9.55. The summed E-state index contributed by atoms with van der Waals surface area (Å²) in [5.41, 5.74) is 2.76. The molecule has 5 heteroatoms. The molecule has 0 aliphatic carbocycles. The fraction of sp³-hybridized carbons (Fsp3) is 0.125. The molecule has 2 heterocycles. The second-order valence-corrected chi connectivity index (χ2v) is 6.82. The van der Waals surface area contributed by atoms with Gasteiger partial charge in [0, 0.05) is 30.2 Å². The lowest BCUT2D eigenvalue weighted by Crippen LogP contribution is -2.26. The molecular formula is C24H21N3O2. The first-order valence-corrected chi connectivity index (χ1v) is 9.55. The fourth-order valence-corrected chi connectivity index (χ4v) is 3.50. The Kier molecular flexibility index (Phi) is 5.47. The van der Waals surface area contributed by atoms with Crippen LogP contribution >= 0.6 is 0 Å². The standard InChI is InChI=1S/C24H21N3O2/c28-23-21-19(12-7-14-25-21)16-27-22(23)24(29)26-15-13-20(17-8-3-1-4-9-17)18-10-5-2-6-11-18/h1-12,14,16,20,28H,13,15H2,(H,26,29). The Balaban J connectivity index is 1.49. The van der Waals surface area contributed by atoms with E-state index in [-0.39, 0.29) is 17.4 Å². The van der Waals surface area contributed by atoms with Crippen LogP contribution in [-0.2, 0) is 0 Å².